The Kier molecular flexibility index (Phi) is 6.16. The summed E-state index contributed by atoms with van der Waals surface area (Å²) >= 11 is 3.30. The van der Waals surface area contributed by atoms with Crippen LogP contribution in [0.4, 0.5) is 13.2 Å². The number of benzene rings is 1. The van der Waals surface area contributed by atoms with Crippen LogP contribution in [0, 0.1) is 6.92 Å². The third kappa shape index (κ3) is 4.76. The Morgan fingerprint density at radius 3 is 2.64 bits per heavy atom. The first-order valence-electron chi connectivity index (χ1n) is 7.32. The lowest BCUT2D eigenvalue weighted by Gasteiger charge is -2.13. The van der Waals surface area contributed by atoms with Gasteiger partial charge < -0.3 is 4.84 Å². The SMILES string of the molecule is Cc1ccc([C@@H]2CC(Br)=NO2)cc1Cc1cc(C(F)(F)F)ccn1.S. The van der Waals surface area contributed by atoms with Crippen molar-refractivity contribution >= 4 is 34.0 Å². The number of hydrogen-bond donors (Lipinski definition) is 0. The first-order chi connectivity index (χ1) is 11.3. The molecule has 0 bridgehead atoms. The molecule has 0 N–H and O–H groups in total. The first kappa shape index (κ1) is 19.8. The van der Waals surface area contributed by atoms with E-state index in [0.717, 1.165) is 33.4 Å². The van der Waals surface area contributed by atoms with Gasteiger partial charge in [0.25, 0.3) is 0 Å². The standard InChI is InChI=1S/C17H14BrF3N2O.H2S/c1-10-2-3-11(15-9-16(18)23-24-15)6-12(10)7-14-8-13(4-5-22-14)17(19,20)21;/h2-6,8,15H,7,9H2,1H3;1H2/t15-;/m0./s1. The number of hydrogen-bond acceptors (Lipinski definition) is 3. The van der Waals surface area contributed by atoms with Crippen LogP contribution < -0.4 is 0 Å². The molecular weight excluding hydrogens is 417 g/mol. The number of pyridine rings is 1. The first-order valence-corrected chi connectivity index (χ1v) is 8.12. The van der Waals surface area contributed by atoms with Crippen molar-refractivity contribution < 1.29 is 18.0 Å². The summed E-state index contributed by atoms with van der Waals surface area (Å²) in [5.74, 6) is 0. The molecule has 0 spiro atoms. The van der Waals surface area contributed by atoms with Crippen molar-refractivity contribution in [2.75, 3.05) is 0 Å². The summed E-state index contributed by atoms with van der Waals surface area (Å²) in [4.78, 5) is 9.40. The monoisotopic (exact) mass is 432 g/mol. The average molecular weight is 433 g/mol. The van der Waals surface area contributed by atoms with E-state index in [-0.39, 0.29) is 19.6 Å². The van der Waals surface area contributed by atoms with E-state index < -0.39 is 11.7 Å². The minimum atomic E-state index is -4.37. The van der Waals surface area contributed by atoms with Crippen LogP contribution in [0.1, 0.15) is 40.5 Å². The highest BCUT2D eigenvalue weighted by molar-refractivity contribution is 9.18. The van der Waals surface area contributed by atoms with Crippen molar-refractivity contribution in [3.8, 4) is 0 Å². The van der Waals surface area contributed by atoms with Crippen LogP contribution in [0.2, 0.25) is 0 Å². The second-order valence-electron chi connectivity index (χ2n) is 5.66. The Bertz CT molecular complexity index is 796. The van der Waals surface area contributed by atoms with Crippen molar-refractivity contribution in [2.45, 2.75) is 32.0 Å². The number of nitrogens with zero attached hydrogens (tertiary/aromatic N) is 2. The van der Waals surface area contributed by atoms with E-state index in [1.807, 2.05) is 25.1 Å². The van der Waals surface area contributed by atoms with Gasteiger partial charge in [-0.2, -0.15) is 26.7 Å². The van der Waals surface area contributed by atoms with Gasteiger partial charge in [0.2, 0.25) is 0 Å². The van der Waals surface area contributed by atoms with E-state index >= 15 is 0 Å². The van der Waals surface area contributed by atoms with Crippen molar-refractivity contribution in [1.29, 1.82) is 0 Å². The molecule has 0 fully saturated rings. The van der Waals surface area contributed by atoms with Crippen LogP contribution in [-0.4, -0.2) is 9.60 Å². The highest BCUT2D eigenvalue weighted by Crippen LogP contribution is 2.32. The Morgan fingerprint density at radius 1 is 1.24 bits per heavy atom. The number of aryl methyl sites for hydroxylation is 1. The zero-order valence-electron chi connectivity index (χ0n) is 13.3. The van der Waals surface area contributed by atoms with Gasteiger partial charge in [0, 0.05) is 24.7 Å². The minimum Gasteiger partial charge on any atom is -0.386 e. The predicted octanol–water partition coefficient (Wildman–Crippen LogP) is 5.28. The number of rotatable bonds is 3. The summed E-state index contributed by atoms with van der Waals surface area (Å²) in [5, 5.41) is 3.86. The fraction of sp³-hybridized carbons (Fsp3) is 0.294. The molecule has 0 amide bonds. The number of halogens is 4. The van der Waals surface area contributed by atoms with Gasteiger partial charge in [-0.3, -0.25) is 4.98 Å². The van der Waals surface area contributed by atoms with E-state index in [1.165, 1.54) is 6.20 Å². The van der Waals surface area contributed by atoms with E-state index in [9.17, 15) is 13.2 Å². The van der Waals surface area contributed by atoms with Crippen molar-refractivity contribution in [3.05, 3.63) is 64.5 Å². The van der Waals surface area contributed by atoms with Gasteiger partial charge in [0.15, 0.2) is 6.10 Å². The average Bonchev–Trinajstić information content (AvgIpc) is 2.95. The van der Waals surface area contributed by atoms with Gasteiger partial charge in [-0.05, 0) is 51.7 Å². The van der Waals surface area contributed by atoms with Gasteiger partial charge in [-0.15, -0.1) is 0 Å². The lowest BCUT2D eigenvalue weighted by atomic mass is 9.97. The lowest BCUT2D eigenvalue weighted by molar-refractivity contribution is -0.137. The molecule has 0 unspecified atom stereocenters. The molecule has 1 aliphatic rings. The van der Waals surface area contributed by atoms with E-state index in [2.05, 4.69) is 26.1 Å². The Balaban J connectivity index is 0.00000225. The molecule has 0 saturated heterocycles. The van der Waals surface area contributed by atoms with Gasteiger partial charge >= 0.3 is 6.18 Å². The summed E-state index contributed by atoms with van der Waals surface area (Å²) in [6.07, 6.45) is -2.37. The summed E-state index contributed by atoms with van der Waals surface area (Å²) < 4.78 is 39.2. The molecule has 0 aliphatic carbocycles. The minimum absolute atomic E-state index is 0. The predicted molar refractivity (Wildman–Crippen MR) is 98.4 cm³/mol. The lowest BCUT2D eigenvalue weighted by Crippen LogP contribution is -2.07. The number of aromatic nitrogens is 1. The molecule has 134 valence electrons. The fourth-order valence-electron chi connectivity index (χ4n) is 2.56. The normalized spacial score (nSPS) is 16.8. The molecule has 1 aromatic heterocycles. The smallest absolute Gasteiger partial charge is 0.386 e. The Labute approximate surface area is 158 Å². The molecule has 25 heavy (non-hydrogen) atoms. The molecule has 0 radical (unpaired) electrons. The maximum atomic E-state index is 12.8. The second kappa shape index (κ2) is 7.78. The summed E-state index contributed by atoms with van der Waals surface area (Å²) in [6.45, 7) is 1.93. The molecule has 8 heteroatoms. The molecule has 3 nitrogen and oxygen atoms in total. The van der Waals surface area contributed by atoms with Crippen molar-refractivity contribution in [3.63, 3.8) is 0 Å². The van der Waals surface area contributed by atoms with E-state index in [1.54, 1.807) is 0 Å². The molecule has 2 aromatic rings. The van der Waals surface area contributed by atoms with Crippen LogP contribution in [0.5, 0.6) is 0 Å². The van der Waals surface area contributed by atoms with Crippen LogP contribution >= 0.6 is 29.4 Å². The second-order valence-corrected chi connectivity index (χ2v) is 6.58. The van der Waals surface area contributed by atoms with E-state index in [0.29, 0.717) is 18.5 Å². The summed E-state index contributed by atoms with van der Waals surface area (Å²) in [6, 6.07) is 7.91. The molecule has 3 rings (SSSR count). The topological polar surface area (TPSA) is 34.5 Å². The van der Waals surface area contributed by atoms with Gasteiger partial charge in [-0.25, -0.2) is 0 Å². The van der Waals surface area contributed by atoms with Crippen molar-refractivity contribution in [2.24, 2.45) is 5.16 Å². The number of oxime groups is 1. The van der Waals surface area contributed by atoms with Gasteiger partial charge in [0.05, 0.1) is 5.56 Å². The zero-order valence-corrected chi connectivity index (χ0v) is 15.9. The maximum absolute atomic E-state index is 12.8. The molecule has 1 aromatic carbocycles. The quantitative estimate of drug-likeness (QED) is 0.660. The third-order valence-corrected chi connectivity index (χ3v) is 4.36. The maximum Gasteiger partial charge on any atom is 0.416 e. The molecular formula is C17H16BrF3N2OS. The van der Waals surface area contributed by atoms with Gasteiger partial charge in [0.1, 0.15) is 4.62 Å². The summed E-state index contributed by atoms with van der Waals surface area (Å²) in [5.41, 5.74) is 2.57. The highest BCUT2D eigenvalue weighted by Gasteiger charge is 2.30. The van der Waals surface area contributed by atoms with E-state index in [4.69, 9.17) is 4.84 Å². The Morgan fingerprint density at radius 2 is 2.00 bits per heavy atom. The van der Waals surface area contributed by atoms with Crippen LogP contribution in [-0.2, 0) is 17.4 Å². The summed E-state index contributed by atoms with van der Waals surface area (Å²) in [7, 11) is 0. The van der Waals surface area contributed by atoms with Gasteiger partial charge in [-0.1, -0.05) is 23.4 Å². The molecule has 2 heterocycles. The molecule has 1 atom stereocenters. The molecule has 1 aliphatic heterocycles. The largest absolute Gasteiger partial charge is 0.416 e. The Hall–Kier alpha value is -1.54. The van der Waals surface area contributed by atoms with Crippen LogP contribution in [0.25, 0.3) is 0 Å². The van der Waals surface area contributed by atoms with Crippen molar-refractivity contribution in [1.82, 2.24) is 4.98 Å². The molecule has 0 saturated carbocycles. The zero-order chi connectivity index (χ0) is 17.3. The van der Waals surface area contributed by atoms with Crippen LogP contribution in [0.15, 0.2) is 41.7 Å². The highest BCUT2D eigenvalue weighted by atomic mass is 79.9. The fourth-order valence-corrected chi connectivity index (χ4v) is 2.93. The van der Waals surface area contributed by atoms with Crippen LogP contribution in [0.3, 0.4) is 0 Å². The number of alkyl halides is 3. The third-order valence-electron chi connectivity index (χ3n) is 3.89.